The summed E-state index contributed by atoms with van der Waals surface area (Å²) in [7, 11) is -1.68. The Morgan fingerprint density at radius 1 is 1.03 bits per heavy atom. The van der Waals surface area contributed by atoms with Crippen LogP contribution in [0.4, 0.5) is 5.00 Å². The molecule has 1 aliphatic heterocycles. The fourth-order valence-corrected chi connectivity index (χ4v) is 5.29. The molecule has 0 bridgehead atoms. The second-order valence-electron chi connectivity index (χ2n) is 7.28. The number of nitrogens with zero attached hydrogens (tertiary/aromatic N) is 1. The largest absolute Gasteiger partial charge is 0.497 e. The first kappa shape index (κ1) is 21.5. The summed E-state index contributed by atoms with van der Waals surface area (Å²) in [4.78, 5) is 16.3. The minimum absolute atomic E-state index is 0.0545. The fraction of sp³-hybridized carbons (Fsp3) is 0.261. The van der Waals surface area contributed by atoms with Crippen LogP contribution in [0.15, 0.2) is 59.5 Å². The molecule has 6 nitrogen and oxygen atoms in total. The topological polar surface area (TPSA) is 72.9 Å². The van der Waals surface area contributed by atoms with E-state index in [0.29, 0.717) is 29.4 Å². The van der Waals surface area contributed by atoms with Crippen LogP contribution in [-0.4, -0.2) is 53.9 Å². The van der Waals surface area contributed by atoms with Gasteiger partial charge in [0, 0.05) is 30.5 Å². The van der Waals surface area contributed by atoms with Gasteiger partial charge in [-0.05, 0) is 48.0 Å². The van der Waals surface area contributed by atoms with Crippen molar-refractivity contribution in [1.29, 1.82) is 0 Å². The number of carbonyl (C=O) groups is 1. The molecule has 31 heavy (non-hydrogen) atoms. The van der Waals surface area contributed by atoms with E-state index < -0.39 is 9.84 Å². The van der Waals surface area contributed by atoms with Gasteiger partial charge in [-0.3, -0.25) is 4.79 Å². The zero-order valence-electron chi connectivity index (χ0n) is 17.3. The number of ether oxygens (including phenoxy) is 2. The first-order chi connectivity index (χ1) is 14.9. The molecule has 0 N–H and O–H groups in total. The number of morpholine rings is 1. The molecule has 2 heterocycles. The Kier molecular flexibility index (Phi) is 6.13. The molecule has 4 rings (SSSR count). The Bertz CT molecular complexity index is 1180. The number of hydrogen-bond donors (Lipinski definition) is 0. The number of sulfone groups is 1. The lowest BCUT2D eigenvalue weighted by Gasteiger charge is -2.28. The SMILES string of the molecule is COc1ccc(C(=O)c2cc(-c3ccc(S(C)(=O)=O)cc3)c(N3CCOCC3)s2)cc1. The summed E-state index contributed by atoms with van der Waals surface area (Å²) in [5, 5.41) is 0.993. The molecule has 0 aliphatic carbocycles. The number of ketones is 1. The van der Waals surface area contributed by atoms with Gasteiger partial charge in [0.05, 0.1) is 35.1 Å². The first-order valence-corrected chi connectivity index (χ1v) is 12.5. The zero-order chi connectivity index (χ0) is 22.0. The molecule has 0 radical (unpaired) electrons. The van der Waals surface area contributed by atoms with Gasteiger partial charge in [0.2, 0.25) is 5.78 Å². The number of rotatable bonds is 6. The van der Waals surface area contributed by atoms with Crippen LogP contribution in [-0.2, 0) is 14.6 Å². The second kappa shape index (κ2) is 8.82. The van der Waals surface area contributed by atoms with Crippen molar-refractivity contribution in [1.82, 2.24) is 0 Å². The van der Waals surface area contributed by atoms with Gasteiger partial charge < -0.3 is 14.4 Å². The first-order valence-electron chi connectivity index (χ1n) is 9.82. The highest BCUT2D eigenvalue weighted by molar-refractivity contribution is 7.90. The van der Waals surface area contributed by atoms with Crippen molar-refractivity contribution in [2.24, 2.45) is 0 Å². The maximum absolute atomic E-state index is 13.2. The predicted molar refractivity (Wildman–Crippen MR) is 122 cm³/mol. The molecular formula is C23H23NO5S2. The summed E-state index contributed by atoms with van der Waals surface area (Å²) in [5.74, 6) is 0.643. The highest BCUT2D eigenvalue weighted by Crippen LogP contribution is 2.40. The lowest BCUT2D eigenvalue weighted by molar-refractivity contribution is 0.104. The minimum atomic E-state index is -3.27. The number of methoxy groups -OCH3 is 1. The van der Waals surface area contributed by atoms with Crippen molar-refractivity contribution in [3.8, 4) is 16.9 Å². The van der Waals surface area contributed by atoms with Gasteiger partial charge in [0.25, 0.3) is 0 Å². The third-order valence-corrected chi connectivity index (χ3v) is 7.50. The monoisotopic (exact) mass is 457 g/mol. The lowest BCUT2D eigenvalue weighted by atomic mass is 10.0. The fourth-order valence-electron chi connectivity index (χ4n) is 3.47. The van der Waals surface area contributed by atoms with Crippen LogP contribution in [0.5, 0.6) is 5.75 Å². The van der Waals surface area contributed by atoms with Crippen LogP contribution in [0.25, 0.3) is 11.1 Å². The van der Waals surface area contributed by atoms with E-state index in [-0.39, 0.29) is 10.7 Å². The van der Waals surface area contributed by atoms with Crippen molar-refractivity contribution < 1.29 is 22.7 Å². The van der Waals surface area contributed by atoms with E-state index in [1.165, 1.54) is 17.6 Å². The van der Waals surface area contributed by atoms with E-state index in [4.69, 9.17) is 9.47 Å². The number of thiophene rings is 1. The third kappa shape index (κ3) is 4.66. The number of carbonyl (C=O) groups excluding carboxylic acids is 1. The van der Waals surface area contributed by atoms with Crippen LogP contribution in [0, 0.1) is 0 Å². The highest BCUT2D eigenvalue weighted by atomic mass is 32.2. The Labute approximate surface area is 186 Å². The van der Waals surface area contributed by atoms with E-state index in [1.54, 1.807) is 55.6 Å². The second-order valence-corrected chi connectivity index (χ2v) is 10.3. The Balaban J connectivity index is 1.74. The standard InChI is InChI=1S/C23H23NO5S2/c1-28-18-7-3-17(4-8-18)22(25)21-15-20(23(30-21)24-11-13-29-14-12-24)16-5-9-19(10-6-16)31(2,26)27/h3-10,15H,11-14H2,1-2H3. The van der Waals surface area contributed by atoms with Crippen molar-refractivity contribution in [2.45, 2.75) is 4.90 Å². The molecule has 3 aromatic rings. The van der Waals surface area contributed by atoms with Crippen molar-refractivity contribution in [3.63, 3.8) is 0 Å². The van der Waals surface area contributed by atoms with Crippen molar-refractivity contribution >= 4 is 32.0 Å². The molecule has 0 saturated carbocycles. The average Bonchev–Trinajstić information content (AvgIpc) is 3.24. The normalized spacial score (nSPS) is 14.5. The maximum Gasteiger partial charge on any atom is 0.203 e. The molecule has 0 amide bonds. The van der Waals surface area contributed by atoms with Crippen LogP contribution in [0.2, 0.25) is 0 Å². The average molecular weight is 458 g/mol. The van der Waals surface area contributed by atoms with Gasteiger partial charge in [0.15, 0.2) is 9.84 Å². The maximum atomic E-state index is 13.2. The summed E-state index contributed by atoms with van der Waals surface area (Å²) >= 11 is 1.45. The molecule has 8 heteroatoms. The van der Waals surface area contributed by atoms with Crippen LogP contribution >= 0.6 is 11.3 Å². The van der Waals surface area contributed by atoms with Gasteiger partial charge in [-0.15, -0.1) is 11.3 Å². The molecule has 162 valence electrons. The molecule has 1 aromatic heterocycles. The van der Waals surface area contributed by atoms with E-state index in [0.717, 1.165) is 29.2 Å². The highest BCUT2D eigenvalue weighted by Gasteiger charge is 2.23. The molecule has 1 fully saturated rings. The predicted octanol–water partition coefficient (Wildman–Crippen LogP) is 3.89. The Morgan fingerprint density at radius 3 is 2.26 bits per heavy atom. The lowest BCUT2D eigenvalue weighted by Crippen LogP contribution is -2.35. The van der Waals surface area contributed by atoms with Crippen LogP contribution in [0.1, 0.15) is 15.2 Å². The molecule has 1 saturated heterocycles. The number of benzene rings is 2. The third-order valence-electron chi connectivity index (χ3n) is 5.18. The van der Waals surface area contributed by atoms with Crippen molar-refractivity contribution in [3.05, 3.63) is 65.0 Å². The Morgan fingerprint density at radius 2 is 1.68 bits per heavy atom. The van der Waals surface area contributed by atoms with E-state index in [9.17, 15) is 13.2 Å². The van der Waals surface area contributed by atoms with E-state index in [2.05, 4.69) is 4.90 Å². The van der Waals surface area contributed by atoms with Gasteiger partial charge in [-0.25, -0.2) is 8.42 Å². The molecule has 0 unspecified atom stereocenters. The van der Waals surface area contributed by atoms with Gasteiger partial charge >= 0.3 is 0 Å². The van der Waals surface area contributed by atoms with Crippen molar-refractivity contribution in [2.75, 3.05) is 44.6 Å². The quantitative estimate of drug-likeness (QED) is 0.523. The van der Waals surface area contributed by atoms with E-state index in [1.807, 2.05) is 6.07 Å². The smallest absolute Gasteiger partial charge is 0.203 e. The number of hydrogen-bond acceptors (Lipinski definition) is 7. The molecule has 2 aromatic carbocycles. The molecule has 0 atom stereocenters. The number of anilines is 1. The minimum Gasteiger partial charge on any atom is -0.497 e. The summed E-state index contributed by atoms with van der Waals surface area (Å²) in [6, 6.07) is 15.8. The summed E-state index contributed by atoms with van der Waals surface area (Å²) in [5.41, 5.74) is 2.39. The van der Waals surface area contributed by atoms with Crippen LogP contribution < -0.4 is 9.64 Å². The summed E-state index contributed by atoms with van der Waals surface area (Å²) in [6.45, 7) is 2.74. The zero-order valence-corrected chi connectivity index (χ0v) is 19.0. The van der Waals surface area contributed by atoms with E-state index >= 15 is 0 Å². The van der Waals surface area contributed by atoms with Crippen LogP contribution in [0.3, 0.4) is 0 Å². The van der Waals surface area contributed by atoms with Gasteiger partial charge in [-0.2, -0.15) is 0 Å². The van der Waals surface area contributed by atoms with Gasteiger partial charge in [0.1, 0.15) is 5.75 Å². The molecule has 0 spiro atoms. The molecular weight excluding hydrogens is 434 g/mol. The Hall–Kier alpha value is -2.68. The summed E-state index contributed by atoms with van der Waals surface area (Å²) in [6.07, 6.45) is 1.19. The molecule has 1 aliphatic rings. The summed E-state index contributed by atoms with van der Waals surface area (Å²) < 4.78 is 34.3. The van der Waals surface area contributed by atoms with Gasteiger partial charge in [-0.1, -0.05) is 12.1 Å².